The second-order valence-corrected chi connectivity index (χ2v) is 6.45. The Kier molecular flexibility index (Phi) is 4.70. The fraction of sp³-hybridized carbons (Fsp3) is 0.316. The Bertz CT molecular complexity index is 851. The number of aromatic nitrogens is 3. The lowest BCUT2D eigenvalue weighted by molar-refractivity contribution is 0.366. The molecule has 25 heavy (non-hydrogen) atoms. The van der Waals surface area contributed by atoms with Crippen LogP contribution < -0.4 is 0 Å². The first-order valence-electron chi connectivity index (χ1n) is 8.38. The van der Waals surface area contributed by atoms with Gasteiger partial charge in [0.25, 0.3) is 0 Å². The van der Waals surface area contributed by atoms with Crippen LogP contribution in [0.1, 0.15) is 31.7 Å². The lowest BCUT2D eigenvalue weighted by Gasteiger charge is -2.14. The molecule has 0 atom stereocenters. The zero-order chi connectivity index (χ0) is 18.0. The smallest absolute Gasteiger partial charge is 0.235 e. The fourth-order valence-corrected chi connectivity index (χ4v) is 3.17. The summed E-state index contributed by atoms with van der Waals surface area (Å²) in [6.45, 7) is 5.23. The van der Waals surface area contributed by atoms with Crippen molar-refractivity contribution >= 4 is 0 Å². The summed E-state index contributed by atoms with van der Waals surface area (Å²) in [4.78, 5) is 4.02. The molecule has 0 saturated heterocycles. The minimum atomic E-state index is -0.132. The van der Waals surface area contributed by atoms with Gasteiger partial charge in [-0.05, 0) is 24.5 Å². The number of aromatic hydroxyl groups is 3. The molecule has 0 aliphatic carbocycles. The zero-order valence-electron chi connectivity index (χ0n) is 14.4. The molecule has 6 heteroatoms. The second kappa shape index (κ2) is 6.93. The number of phenolic OH excluding ortho intramolecular Hbond substituents is 1. The van der Waals surface area contributed by atoms with Crippen LogP contribution in [0.5, 0.6) is 17.4 Å². The van der Waals surface area contributed by atoms with Crippen LogP contribution in [-0.2, 0) is 13.1 Å². The second-order valence-electron chi connectivity index (χ2n) is 6.45. The van der Waals surface area contributed by atoms with Crippen LogP contribution >= 0.6 is 0 Å². The normalized spacial score (nSPS) is 11.3. The highest BCUT2D eigenvalue weighted by Crippen LogP contribution is 2.45. The minimum Gasteiger partial charge on any atom is -0.508 e. The van der Waals surface area contributed by atoms with E-state index in [-0.39, 0.29) is 23.3 Å². The van der Waals surface area contributed by atoms with Crippen LogP contribution in [0.3, 0.4) is 0 Å². The average Bonchev–Trinajstić information content (AvgIpc) is 3.16. The fourth-order valence-electron chi connectivity index (χ4n) is 3.17. The van der Waals surface area contributed by atoms with Gasteiger partial charge in [0.1, 0.15) is 5.75 Å². The van der Waals surface area contributed by atoms with Gasteiger partial charge in [-0.3, -0.25) is 0 Å². The van der Waals surface area contributed by atoms with Crippen LogP contribution in [0.4, 0.5) is 0 Å². The lowest BCUT2D eigenvalue weighted by Crippen LogP contribution is -2.05. The van der Waals surface area contributed by atoms with Crippen LogP contribution in [0.15, 0.2) is 43.0 Å². The van der Waals surface area contributed by atoms with Crippen molar-refractivity contribution in [1.29, 1.82) is 0 Å². The van der Waals surface area contributed by atoms with E-state index in [4.69, 9.17) is 0 Å². The number of phenols is 1. The number of rotatable bonds is 6. The molecule has 3 N–H and O–H groups in total. The van der Waals surface area contributed by atoms with Gasteiger partial charge in [0.15, 0.2) is 5.75 Å². The summed E-state index contributed by atoms with van der Waals surface area (Å²) in [5, 5.41) is 30.7. The van der Waals surface area contributed by atoms with E-state index in [9.17, 15) is 15.3 Å². The van der Waals surface area contributed by atoms with Gasteiger partial charge < -0.3 is 24.5 Å². The summed E-state index contributed by atoms with van der Waals surface area (Å²) in [5.74, 6) is -0.0425. The predicted molar refractivity (Wildman–Crippen MR) is 95.8 cm³/mol. The number of aryl methyl sites for hydroxylation is 1. The number of imidazole rings is 1. The standard InChI is InChI=1S/C19H23N3O3/c1-13(2)16-17(14-5-3-6-15(23)11-14)22(19(25)18(16)24)9-4-8-21-10-7-20-12-21/h3,5-7,10-13,23-25H,4,8-9H2,1-2H3. The Morgan fingerprint density at radius 3 is 2.56 bits per heavy atom. The summed E-state index contributed by atoms with van der Waals surface area (Å²) < 4.78 is 3.69. The lowest BCUT2D eigenvalue weighted by atomic mass is 9.98. The van der Waals surface area contributed by atoms with Crippen LogP contribution in [0.25, 0.3) is 11.3 Å². The number of benzene rings is 1. The Labute approximate surface area is 146 Å². The largest absolute Gasteiger partial charge is 0.508 e. The summed E-state index contributed by atoms with van der Waals surface area (Å²) in [6, 6.07) is 6.87. The number of nitrogens with zero attached hydrogens (tertiary/aromatic N) is 3. The number of hydrogen-bond acceptors (Lipinski definition) is 4. The maximum absolute atomic E-state index is 10.5. The molecule has 3 aromatic rings. The van der Waals surface area contributed by atoms with Crippen molar-refractivity contribution < 1.29 is 15.3 Å². The molecule has 1 aromatic carbocycles. The van der Waals surface area contributed by atoms with E-state index >= 15 is 0 Å². The van der Waals surface area contributed by atoms with Crippen molar-refractivity contribution in [3.63, 3.8) is 0 Å². The molecular weight excluding hydrogens is 318 g/mol. The van der Waals surface area contributed by atoms with Gasteiger partial charge >= 0.3 is 0 Å². The Balaban J connectivity index is 1.99. The molecule has 0 spiro atoms. The molecule has 0 saturated carbocycles. The molecule has 2 heterocycles. The highest BCUT2D eigenvalue weighted by molar-refractivity contribution is 5.72. The van der Waals surface area contributed by atoms with E-state index in [0.29, 0.717) is 12.1 Å². The van der Waals surface area contributed by atoms with Crippen molar-refractivity contribution in [2.45, 2.75) is 39.3 Å². The van der Waals surface area contributed by atoms with Gasteiger partial charge in [0.05, 0.1) is 12.0 Å². The van der Waals surface area contributed by atoms with Crippen LogP contribution in [-0.4, -0.2) is 29.4 Å². The first-order valence-corrected chi connectivity index (χ1v) is 8.38. The molecule has 0 aliphatic rings. The van der Waals surface area contributed by atoms with Crippen molar-refractivity contribution in [3.8, 4) is 28.6 Å². The van der Waals surface area contributed by atoms with Gasteiger partial charge in [-0.25, -0.2) is 4.98 Å². The molecule has 0 fully saturated rings. The van der Waals surface area contributed by atoms with Gasteiger partial charge in [-0.15, -0.1) is 0 Å². The van der Waals surface area contributed by atoms with Crippen LogP contribution in [0.2, 0.25) is 0 Å². The van der Waals surface area contributed by atoms with Crippen molar-refractivity contribution in [2.24, 2.45) is 0 Å². The van der Waals surface area contributed by atoms with Gasteiger partial charge in [-0.2, -0.15) is 0 Å². The molecule has 0 bridgehead atoms. The predicted octanol–water partition coefficient (Wildman–Crippen LogP) is 3.68. The number of hydrogen-bond donors (Lipinski definition) is 3. The zero-order valence-corrected chi connectivity index (χ0v) is 14.4. The average molecular weight is 341 g/mol. The third-order valence-electron chi connectivity index (χ3n) is 4.30. The van der Waals surface area contributed by atoms with E-state index in [1.807, 2.05) is 30.7 Å². The van der Waals surface area contributed by atoms with Gasteiger partial charge in [-0.1, -0.05) is 26.0 Å². The maximum Gasteiger partial charge on any atom is 0.235 e. The Morgan fingerprint density at radius 2 is 1.92 bits per heavy atom. The molecule has 0 unspecified atom stereocenters. The monoisotopic (exact) mass is 341 g/mol. The first kappa shape index (κ1) is 17.0. The maximum atomic E-state index is 10.5. The van der Waals surface area contributed by atoms with Gasteiger partial charge in [0.2, 0.25) is 5.88 Å². The van der Waals surface area contributed by atoms with Crippen LogP contribution in [0, 0.1) is 0 Å². The van der Waals surface area contributed by atoms with Gasteiger partial charge in [0, 0.05) is 36.6 Å². The molecule has 132 valence electrons. The molecule has 2 aromatic heterocycles. The Morgan fingerprint density at radius 1 is 1.12 bits per heavy atom. The molecular formula is C19H23N3O3. The van der Waals surface area contributed by atoms with E-state index in [1.165, 1.54) is 0 Å². The summed E-state index contributed by atoms with van der Waals surface area (Å²) >= 11 is 0. The van der Waals surface area contributed by atoms with E-state index in [2.05, 4.69) is 4.98 Å². The first-order chi connectivity index (χ1) is 12.0. The van der Waals surface area contributed by atoms with Crippen molar-refractivity contribution in [3.05, 3.63) is 48.5 Å². The Hall–Kier alpha value is -2.89. The van der Waals surface area contributed by atoms with Crippen molar-refractivity contribution in [1.82, 2.24) is 14.1 Å². The quantitative estimate of drug-likeness (QED) is 0.638. The summed E-state index contributed by atoms with van der Waals surface area (Å²) in [5.41, 5.74) is 2.19. The SMILES string of the molecule is CC(C)c1c(O)c(O)n(CCCn2ccnc2)c1-c1cccc(O)c1. The summed E-state index contributed by atoms with van der Waals surface area (Å²) in [7, 11) is 0. The summed E-state index contributed by atoms with van der Waals surface area (Å²) in [6.07, 6.45) is 6.14. The third-order valence-corrected chi connectivity index (χ3v) is 4.30. The molecule has 0 radical (unpaired) electrons. The molecule has 3 rings (SSSR count). The molecule has 0 amide bonds. The highest BCUT2D eigenvalue weighted by atomic mass is 16.3. The minimum absolute atomic E-state index is 0.0261. The molecule has 6 nitrogen and oxygen atoms in total. The van der Waals surface area contributed by atoms with E-state index in [0.717, 1.165) is 24.2 Å². The topological polar surface area (TPSA) is 83.4 Å². The molecule has 0 aliphatic heterocycles. The third kappa shape index (κ3) is 3.33. The van der Waals surface area contributed by atoms with E-state index in [1.54, 1.807) is 35.3 Å². The van der Waals surface area contributed by atoms with E-state index < -0.39 is 0 Å². The highest BCUT2D eigenvalue weighted by Gasteiger charge is 2.25. The van der Waals surface area contributed by atoms with Crippen molar-refractivity contribution in [2.75, 3.05) is 0 Å².